The molecule has 0 bridgehead atoms. The van der Waals surface area contributed by atoms with Gasteiger partial charge in [-0.15, -0.1) is 0 Å². The van der Waals surface area contributed by atoms with Crippen LogP contribution in [0.2, 0.25) is 0 Å². The Kier molecular flexibility index (Phi) is 3.60. The number of aromatic nitrogens is 1. The summed E-state index contributed by atoms with van der Waals surface area (Å²) in [5.41, 5.74) is 1.17. The number of halogens is 1. The molecule has 1 N–H and O–H groups in total. The smallest absolute Gasteiger partial charge is 0.408 e. The fourth-order valence-electron chi connectivity index (χ4n) is 2.32. The lowest BCUT2D eigenvalue weighted by atomic mass is 9.99. The molecule has 0 aliphatic heterocycles. The molecule has 0 fully saturated rings. The molecule has 0 aromatic carbocycles. The molecule has 0 radical (unpaired) electrons. The first-order valence-corrected chi connectivity index (χ1v) is 7.15. The zero-order valence-electron chi connectivity index (χ0n) is 11.7. The Morgan fingerprint density at radius 2 is 2.21 bits per heavy atom. The van der Waals surface area contributed by atoms with E-state index in [1.807, 2.05) is 27.7 Å². The summed E-state index contributed by atoms with van der Waals surface area (Å²) in [4.78, 5) is 16.4. The molecule has 4 nitrogen and oxygen atoms in total. The minimum Gasteiger partial charge on any atom is -0.444 e. The van der Waals surface area contributed by atoms with E-state index in [-0.39, 0.29) is 0 Å². The van der Waals surface area contributed by atoms with E-state index in [1.165, 1.54) is 5.56 Å². The quantitative estimate of drug-likeness (QED) is 0.858. The van der Waals surface area contributed by atoms with Crippen molar-refractivity contribution >= 4 is 22.0 Å². The Balaban J connectivity index is 2.16. The van der Waals surface area contributed by atoms with Crippen LogP contribution >= 0.6 is 15.9 Å². The standard InChI is InChI=1S/C14H19BrN2O2/c1-13(2,3)19-12(18)17-14(4)6-5-9-7-10(15)8-16-11(9)14/h7-8H,5-6H2,1-4H3,(H,17,18)/t14-/m0/s1. The van der Waals surface area contributed by atoms with Crippen molar-refractivity contribution in [1.82, 2.24) is 10.3 Å². The molecule has 1 aliphatic rings. The van der Waals surface area contributed by atoms with Crippen molar-refractivity contribution in [2.75, 3.05) is 0 Å². The number of carbonyl (C=O) groups excluding carboxylic acids is 1. The van der Waals surface area contributed by atoms with Crippen molar-refractivity contribution in [3.05, 3.63) is 28.0 Å². The van der Waals surface area contributed by atoms with Crippen LogP contribution in [0.25, 0.3) is 0 Å². The molecule has 1 heterocycles. The number of amides is 1. The highest BCUT2D eigenvalue weighted by molar-refractivity contribution is 9.10. The zero-order valence-corrected chi connectivity index (χ0v) is 13.3. The van der Waals surface area contributed by atoms with Crippen molar-refractivity contribution in [3.8, 4) is 0 Å². The average Bonchev–Trinajstić information content (AvgIpc) is 2.52. The molecule has 104 valence electrons. The number of nitrogens with zero attached hydrogens (tertiary/aromatic N) is 1. The molecule has 1 amide bonds. The number of fused-ring (bicyclic) bond motifs is 1. The number of carbonyl (C=O) groups is 1. The third-order valence-electron chi connectivity index (χ3n) is 3.13. The Bertz CT molecular complexity index is 511. The maximum absolute atomic E-state index is 11.9. The number of pyridine rings is 1. The lowest BCUT2D eigenvalue weighted by Gasteiger charge is -2.28. The fraction of sp³-hybridized carbons (Fsp3) is 0.571. The second kappa shape index (κ2) is 4.78. The topological polar surface area (TPSA) is 51.2 Å². The van der Waals surface area contributed by atoms with Gasteiger partial charge in [0.15, 0.2) is 0 Å². The summed E-state index contributed by atoms with van der Waals surface area (Å²) >= 11 is 3.42. The van der Waals surface area contributed by atoms with Gasteiger partial charge in [0.2, 0.25) is 0 Å². The molecule has 0 unspecified atom stereocenters. The van der Waals surface area contributed by atoms with E-state index in [4.69, 9.17) is 4.74 Å². The maximum Gasteiger partial charge on any atom is 0.408 e. The number of alkyl carbamates (subject to hydrolysis) is 1. The fourth-order valence-corrected chi connectivity index (χ4v) is 2.70. The van der Waals surface area contributed by atoms with Gasteiger partial charge < -0.3 is 10.1 Å². The highest BCUT2D eigenvalue weighted by Crippen LogP contribution is 2.36. The van der Waals surface area contributed by atoms with Crippen LogP contribution in [0.1, 0.15) is 45.4 Å². The van der Waals surface area contributed by atoms with E-state index in [0.29, 0.717) is 0 Å². The monoisotopic (exact) mass is 326 g/mol. The molecule has 0 saturated carbocycles. The summed E-state index contributed by atoms with van der Waals surface area (Å²) < 4.78 is 6.28. The van der Waals surface area contributed by atoms with Crippen LogP contribution < -0.4 is 5.32 Å². The third-order valence-corrected chi connectivity index (χ3v) is 3.56. The summed E-state index contributed by atoms with van der Waals surface area (Å²) in [6.07, 6.45) is 3.12. The van der Waals surface area contributed by atoms with Crippen LogP contribution in [0.3, 0.4) is 0 Å². The average molecular weight is 327 g/mol. The van der Waals surface area contributed by atoms with Crippen LogP contribution in [-0.4, -0.2) is 16.7 Å². The summed E-state index contributed by atoms with van der Waals surface area (Å²) in [6.45, 7) is 7.55. The minimum absolute atomic E-state index is 0.396. The second-order valence-corrected chi connectivity index (χ2v) is 7.04. The van der Waals surface area contributed by atoms with Gasteiger partial charge in [-0.25, -0.2) is 4.79 Å². The summed E-state index contributed by atoms with van der Waals surface area (Å²) in [7, 11) is 0. The molecule has 2 rings (SSSR count). The lowest BCUT2D eigenvalue weighted by molar-refractivity contribution is 0.0459. The first kappa shape index (κ1) is 14.3. The zero-order chi connectivity index (χ0) is 14.3. The normalized spacial score (nSPS) is 21.9. The van der Waals surface area contributed by atoms with Crippen molar-refractivity contribution in [2.45, 2.75) is 51.7 Å². The summed E-state index contributed by atoms with van der Waals surface area (Å²) in [5.74, 6) is 0. The molecule has 5 heteroatoms. The molecule has 1 aromatic rings. The van der Waals surface area contributed by atoms with Gasteiger partial charge in [-0.05, 0) is 68.1 Å². The van der Waals surface area contributed by atoms with Crippen LogP contribution in [0.4, 0.5) is 4.79 Å². The van der Waals surface area contributed by atoms with Gasteiger partial charge >= 0.3 is 6.09 Å². The molecule has 1 atom stereocenters. The molecular weight excluding hydrogens is 308 g/mol. The molecule has 0 spiro atoms. The SMILES string of the molecule is CC(C)(C)OC(=O)N[C@@]1(C)CCc2cc(Br)cnc21. The predicted octanol–water partition coefficient (Wildman–Crippen LogP) is 3.53. The Labute approximate surface area is 122 Å². The Morgan fingerprint density at radius 3 is 2.84 bits per heavy atom. The van der Waals surface area contributed by atoms with Crippen molar-refractivity contribution in [2.24, 2.45) is 0 Å². The van der Waals surface area contributed by atoms with Gasteiger partial charge in [0.25, 0.3) is 0 Å². The van der Waals surface area contributed by atoms with Crippen LogP contribution in [0, 0.1) is 0 Å². The van der Waals surface area contributed by atoms with Gasteiger partial charge in [0, 0.05) is 10.7 Å². The molecular formula is C14H19BrN2O2. The summed E-state index contributed by atoms with van der Waals surface area (Å²) in [5, 5.41) is 2.95. The van der Waals surface area contributed by atoms with Crippen molar-refractivity contribution < 1.29 is 9.53 Å². The first-order valence-electron chi connectivity index (χ1n) is 6.36. The van der Waals surface area contributed by atoms with Crippen molar-refractivity contribution in [3.63, 3.8) is 0 Å². The predicted molar refractivity (Wildman–Crippen MR) is 77.0 cm³/mol. The Hall–Kier alpha value is -1.10. The van der Waals surface area contributed by atoms with Crippen LogP contribution in [0.5, 0.6) is 0 Å². The number of nitrogens with one attached hydrogen (secondary N) is 1. The van der Waals surface area contributed by atoms with E-state index in [9.17, 15) is 4.79 Å². The van der Waals surface area contributed by atoms with Gasteiger partial charge in [0.05, 0.1) is 11.2 Å². The number of ether oxygens (including phenoxy) is 1. The van der Waals surface area contributed by atoms with E-state index >= 15 is 0 Å². The summed E-state index contributed by atoms with van der Waals surface area (Å²) in [6, 6.07) is 2.06. The van der Waals surface area contributed by atoms with E-state index in [0.717, 1.165) is 23.0 Å². The number of aryl methyl sites for hydroxylation is 1. The first-order chi connectivity index (χ1) is 8.70. The van der Waals surface area contributed by atoms with Crippen molar-refractivity contribution in [1.29, 1.82) is 0 Å². The molecule has 19 heavy (non-hydrogen) atoms. The Morgan fingerprint density at radius 1 is 1.53 bits per heavy atom. The van der Waals surface area contributed by atoms with E-state index in [1.54, 1.807) is 6.20 Å². The highest BCUT2D eigenvalue weighted by Gasteiger charge is 2.38. The van der Waals surface area contributed by atoms with Gasteiger partial charge in [-0.3, -0.25) is 4.98 Å². The van der Waals surface area contributed by atoms with Gasteiger partial charge in [-0.1, -0.05) is 0 Å². The number of hydrogen-bond donors (Lipinski definition) is 1. The number of hydrogen-bond acceptors (Lipinski definition) is 3. The van der Waals surface area contributed by atoms with E-state index in [2.05, 4.69) is 32.3 Å². The molecule has 1 aliphatic carbocycles. The maximum atomic E-state index is 11.9. The second-order valence-electron chi connectivity index (χ2n) is 6.12. The molecule has 0 saturated heterocycles. The number of rotatable bonds is 1. The van der Waals surface area contributed by atoms with Crippen LogP contribution in [0.15, 0.2) is 16.7 Å². The minimum atomic E-state index is -0.491. The van der Waals surface area contributed by atoms with E-state index < -0.39 is 17.2 Å². The van der Waals surface area contributed by atoms with Crippen LogP contribution in [-0.2, 0) is 16.7 Å². The lowest BCUT2D eigenvalue weighted by Crippen LogP contribution is -2.44. The van der Waals surface area contributed by atoms with Gasteiger partial charge in [0.1, 0.15) is 5.60 Å². The third kappa shape index (κ3) is 3.26. The molecule has 1 aromatic heterocycles. The highest BCUT2D eigenvalue weighted by atomic mass is 79.9. The van der Waals surface area contributed by atoms with Gasteiger partial charge in [-0.2, -0.15) is 0 Å². The largest absolute Gasteiger partial charge is 0.444 e.